The summed E-state index contributed by atoms with van der Waals surface area (Å²) in [6.45, 7) is 14.8. The summed E-state index contributed by atoms with van der Waals surface area (Å²) in [4.78, 5) is 15.9. The van der Waals surface area contributed by atoms with E-state index in [0.717, 1.165) is 25.2 Å². The van der Waals surface area contributed by atoms with Gasteiger partial charge in [-0.15, -0.1) is 0 Å². The maximum Gasteiger partial charge on any atom is 0.410 e. The quantitative estimate of drug-likeness (QED) is 0.736. The minimum Gasteiger partial charge on any atom is -0.444 e. The zero-order valence-electron chi connectivity index (χ0n) is 12.6. The lowest BCUT2D eigenvalue weighted by atomic mass is 10.2. The Kier molecular flexibility index (Phi) is 5.45. The zero-order chi connectivity index (χ0) is 14.5. The highest BCUT2D eigenvalue weighted by Gasteiger charge is 2.25. The fourth-order valence-electron chi connectivity index (χ4n) is 1.86. The van der Waals surface area contributed by atoms with E-state index in [-0.39, 0.29) is 6.09 Å². The number of allylic oxidation sites excluding steroid dienone is 2. The van der Waals surface area contributed by atoms with Gasteiger partial charge < -0.3 is 14.5 Å². The SMILES string of the molecule is C=C(/C=C\CC)N1CCN(C(=O)OC(C)(C)C)CC1. The van der Waals surface area contributed by atoms with Gasteiger partial charge in [-0.3, -0.25) is 0 Å². The van der Waals surface area contributed by atoms with Crippen molar-refractivity contribution >= 4 is 6.09 Å². The first kappa shape index (κ1) is 15.6. The van der Waals surface area contributed by atoms with Gasteiger partial charge in [0.15, 0.2) is 0 Å². The molecule has 1 aliphatic rings. The van der Waals surface area contributed by atoms with Crippen LogP contribution in [0.25, 0.3) is 0 Å². The smallest absolute Gasteiger partial charge is 0.410 e. The van der Waals surface area contributed by atoms with Crippen LogP contribution in [-0.2, 0) is 4.74 Å². The molecule has 0 aliphatic carbocycles. The van der Waals surface area contributed by atoms with Gasteiger partial charge >= 0.3 is 6.09 Å². The monoisotopic (exact) mass is 266 g/mol. The second-order valence-electron chi connectivity index (χ2n) is 5.76. The highest BCUT2D eigenvalue weighted by molar-refractivity contribution is 5.68. The molecule has 1 saturated heterocycles. The van der Waals surface area contributed by atoms with Crippen LogP contribution in [0.5, 0.6) is 0 Å². The van der Waals surface area contributed by atoms with Crippen LogP contribution in [-0.4, -0.2) is 47.7 Å². The molecule has 19 heavy (non-hydrogen) atoms. The molecule has 0 aromatic carbocycles. The lowest BCUT2D eigenvalue weighted by molar-refractivity contribution is 0.0171. The Morgan fingerprint density at radius 1 is 1.21 bits per heavy atom. The maximum atomic E-state index is 11.9. The van der Waals surface area contributed by atoms with Crippen LogP contribution in [0.4, 0.5) is 4.79 Å². The minimum atomic E-state index is -0.429. The van der Waals surface area contributed by atoms with Crippen molar-refractivity contribution in [3.05, 3.63) is 24.4 Å². The summed E-state index contributed by atoms with van der Waals surface area (Å²) >= 11 is 0. The lowest BCUT2D eigenvalue weighted by Crippen LogP contribution is -2.49. The molecule has 0 N–H and O–H groups in total. The lowest BCUT2D eigenvalue weighted by Gasteiger charge is -2.36. The number of amides is 1. The van der Waals surface area contributed by atoms with Gasteiger partial charge in [-0.25, -0.2) is 4.79 Å². The summed E-state index contributed by atoms with van der Waals surface area (Å²) in [6, 6.07) is 0. The van der Waals surface area contributed by atoms with Crippen molar-refractivity contribution in [1.82, 2.24) is 9.80 Å². The molecule has 0 radical (unpaired) electrons. The summed E-state index contributed by atoms with van der Waals surface area (Å²) in [5.41, 5.74) is 0.590. The standard InChI is InChI=1S/C15H26N2O2/c1-6-7-8-13(2)16-9-11-17(12-10-16)14(18)19-15(3,4)5/h7-8H,2,6,9-12H2,1,3-5H3/b8-7-. The molecular formula is C15H26N2O2. The molecule has 0 spiro atoms. The van der Waals surface area contributed by atoms with Crippen LogP contribution in [0, 0.1) is 0 Å². The molecule has 4 heteroatoms. The van der Waals surface area contributed by atoms with Gasteiger partial charge in [0.05, 0.1) is 0 Å². The second kappa shape index (κ2) is 6.64. The molecule has 0 aromatic rings. The summed E-state index contributed by atoms with van der Waals surface area (Å²) < 4.78 is 5.37. The highest BCUT2D eigenvalue weighted by Crippen LogP contribution is 2.14. The summed E-state index contributed by atoms with van der Waals surface area (Å²) in [5.74, 6) is 0. The van der Waals surface area contributed by atoms with Crippen molar-refractivity contribution in [2.75, 3.05) is 26.2 Å². The molecule has 0 aromatic heterocycles. The predicted octanol–water partition coefficient (Wildman–Crippen LogP) is 3.02. The number of nitrogens with zero attached hydrogens (tertiary/aromatic N) is 2. The average Bonchev–Trinajstić information content (AvgIpc) is 2.34. The summed E-state index contributed by atoms with van der Waals surface area (Å²) in [7, 11) is 0. The van der Waals surface area contributed by atoms with E-state index in [1.54, 1.807) is 4.90 Å². The Morgan fingerprint density at radius 2 is 1.74 bits per heavy atom. The Morgan fingerprint density at radius 3 is 2.21 bits per heavy atom. The van der Waals surface area contributed by atoms with Gasteiger partial charge in [0.1, 0.15) is 5.60 Å². The fourth-order valence-corrected chi connectivity index (χ4v) is 1.86. The van der Waals surface area contributed by atoms with Gasteiger partial charge in [0, 0.05) is 31.9 Å². The zero-order valence-corrected chi connectivity index (χ0v) is 12.6. The van der Waals surface area contributed by atoms with Crippen LogP contribution in [0.1, 0.15) is 34.1 Å². The van der Waals surface area contributed by atoms with E-state index >= 15 is 0 Å². The fraction of sp³-hybridized carbons (Fsp3) is 0.667. The Balaban J connectivity index is 2.42. The van der Waals surface area contributed by atoms with Crippen molar-refractivity contribution in [2.24, 2.45) is 0 Å². The topological polar surface area (TPSA) is 32.8 Å². The van der Waals surface area contributed by atoms with E-state index in [1.165, 1.54) is 0 Å². The van der Waals surface area contributed by atoms with Crippen molar-refractivity contribution < 1.29 is 9.53 Å². The molecule has 0 saturated carbocycles. The van der Waals surface area contributed by atoms with Crippen LogP contribution >= 0.6 is 0 Å². The largest absolute Gasteiger partial charge is 0.444 e. The third-order valence-electron chi connectivity index (χ3n) is 2.88. The minimum absolute atomic E-state index is 0.220. The Hall–Kier alpha value is -1.45. The van der Waals surface area contributed by atoms with Gasteiger partial charge in [-0.1, -0.05) is 19.6 Å². The van der Waals surface area contributed by atoms with Gasteiger partial charge in [0.2, 0.25) is 0 Å². The van der Waals surface area contributed by atoms with Crippen LogP contribution in [0.3, 0.4) is 0 Å². The van der Waals surface area contributed by atoms with Gasteiger partial charge in [-0.05, 0) is 33.3 Å². The third kappa shape index (κ3) is 5.37. The average molecular weight is 266 g/mol. The number of carbonyl (C=O) groups excluding carboxylic acids is 1. The first-order chi connectivity index (χ1) is 8.83. The van der Waals surface area contributed by atoms with Gasteiger partial charge in [-0.2, -0.15) is 0 Å². The summed E-state index contributed by atoms with van der Waals surface area (Å²) in [5, 5.41) is 0. The predicted molar refractivity (Wildman–Crippen MR) is 78.0 cm³/mol. The van der Waals surface area contributed by atoms with E-state index in [9.17, 15) is 4.79 Å². The molecule has 1 rings (SSSR count). The molecule has 0 unspecified atom stereocenters. The summed E-state index contributed by atoms with van der Waals surface area (Å²) in [6.07, 6.45) is 4.93. The number of piperazine rings is 1. The van der Waals surface area contributed by atoms with E-state index in [4.69, 9.17) is 4.74 Å². The van der Waals surface area contributed by atoms with Crippen LogP contribution in [0.15, 0.2) is 24.4 Å². The first-order valence-corrected chi connectivity index (χ1v) is 6.92. The van der Waals surface area contributed by atoms with Crippen molar-refractivity contribution in [1.29, 1.82) is 0 Å². The molecule has 4 nitrogen and oxygen atoms in total. The van der Waals surface area contributed by atoms with Crippen molar-refractivity contribution in [2.45, 2.75) is 39.7 Å². The van der Waals surface area contributed by atoms with E-state index in [1.807, 2.05) is 26.8 Å². The third-order valence-corrected chi connectivity index (χ3v) is 2.88. The van der Waals surface area contributed by atoms with Gasteiger partial charge in [0.25, 0.3) is 0 Å². The number of rotatable bonds is 3. The molecular weight excluding hydrogens is 240 g/mol. The van der Waals surface area contributed by atoms with E-state index in [0.29, 0.717) is 13.1 Å². The van der Waals surface area contributed by atoms with Crippen molar-refractivity contribution in [3.8, 4) is 0 Å². The highest BCUT2D eigenvalue weighted by atomic mass is 16.6. The number of hydrogen-bond donors (Lipinski definition) is 0. The molecule has 0 bridgehead atoms. The Bertz CT molecular complexity index is 348. The Labute approximate surface area is 116 Å². The number of carbonyl (C=O) groups is 1. The molecule has 108 valence electrons. The second-order valence-corrected chi connectivity index (χ2v) is 5.76. The number of hydrogen-bond acceptors (Lipinski definition) is 3. The van der Waals surface area contributed by atoms with Crippen molar-refractivity contribution in [3.63, 3.8) is 0 Å². The van der Waals surface area contributed by atoms with Crippen LogP contribution in [0.2, 0.25) is 0 Å². The number of ether oxygens (including phenoxy) is 1. The molecule has 1 heterocycles. The van der Waals surface area contributed by atoms with E-state index in [2.05, 4.69) is 24.5 Å². The molecule has 1 aliphatic heterocycles. The molecule has 0 atom stereocenters. The molecule has 1 fully saturated rings. The maximum absolute atomic E-state index is 11.9. The first-order valence-electron chi connectivity index (χ1n) is 6.92. The van der Waals surface area contributed by atoms with E-state index < -0.39 is 5.60 Å². The molecule has 1 amide bonds. The van der Waals surface area contributed by atoms with Crippen LogP contribution < -0.4 is 0 Å². The normalized spacial score (nSPS) is 16.8.